The van der Waals surface area contributed by atoms with Crippen molar-refractivity contribution in [3.63, 3.8) is 0 Å². The van der Waals surface area contributed by atoms with E-state index in [9.17, 15) is 0 Å². The minimum absolute atomic E-state index is 0.0142. The molecule has 0 saturated heterocycles. The average Bonchev–Trinajstić information content (AvgIpc) is 3.25. The van der Waals surface area contributed by atoms with Crippen molar-refractivity contribution in [2.75, 3.05) is 0 Å². The molecule has 1 aliphatic heterocycles. The van der Waals surface area contributed by atoms with Crippen LogP contribution in [0, 0.1) is 0 Å². The Labute approximate surface area is 219 Å². The molecule has 2 nitrogen and oxygen atoms in total. The zero-order chi connectivity index (χ0) is 27.5. The van der Waals surface area contributed by atoms with Gasteiger partial charge in [-0.25, -0.2) is 0 Å². The van der Waals surface area contributed by atoms with Gasteiger partial charge in [0.05, 0.1) is 18.2 Å². The number of rotatable bonds is 5. The zero-order valence-electron chi connectivity index (χ0n) is 26.4. The maximum absolute atomic E-state index is 6.04. The van der Waals surface area contributed by atoms with Crippen molar-refractivity contribution in [2.24, 2.45) is 4.74 Å². The number of benzene rings is 1. The van der Waals surface area contributed by atoms with Gasteiger partial charge in [0.25, 0.3) is 0 Å². The number of allylic oxidation sites excluding steroid dienone is 1. The first kappa shape index (κ1) is 30.2. The number of hydrogen-bond acceptors (Lipinski definition) is 2. The minimum atomic E-state index is -1.85. The van der Waals surface area contributed by atoms with Crippen LogP contribution in [0.25, 0.3) is 0 Å². The van der Waals surface area contributed by atoms with E-state index >= 15 is 0 Å². The molecule has 3 heteroatoms. The highest BCUT2D eigenvalue weighted by Crippen LogP contribution is 2.88. The van der Waals surface area contributed by atoms with Crippen molar-refractivity contribution in [3.05, 3.63) is 39.6 Å². The van der Waals surface area contributed by atoms with Crippen molar-refractivity contribution < 1.29 is 0 Å². The molecule has 0 amide bonds. The highest BCUT2D eigenvalue weighted by atomic mass is 31.2. The summed E-state index contributed by atoms with van der Waals surface area (Å²) in [6.07, 6.45) is 1.09. The molecular formula is C32H57N2P. The molecule has 35 heavy (non-hydrogen) atoms. The van der Waals surface area contributed by atoms with Crippen LogP contribution in [0.1, 0.15) is 141 Å². The van der Waals surface area contributed by atoms with Gasteiger partial charge in [0.1, 0.15) is 0 Å². The molecule has 0 spiro atoms. The smallest absolute Gasteiger partial charge is 0.0696 e. The lowest BCUT2D eigenvalue weighted by Gasteiger charge is -2.37. The monoisotopic (exact) mass is 500 g/mol. The molecule has 1 aromatic rings. The Morgan fingerprint density at radius 3 is 1.37 bits per heavy atom. The van der Waals surface area contributed by atoms with E-state index in [-0.39, 0.29) is 21.4 Å². The van der Waals surface area contributed by atoms with Gasteiger partial charge in [-0.3, -0.25) is 4.74 Å². The van der Waals surface area contributed by atoms with Crippen LogP contribution in [0.15, 0.2) is 27.6 Å². The van der Waals surface area contributed by atoms with E-state index in [4.69, 9.17) is 4.74 Å². The van der Waals surface area contributed by atoms with Crippen LogP contribution in [-0.4, -0.2) is 22.1 Å². The number of hydrogen-bond donors (Lipinski definition) is 0. The van der Waals surface area contributed by atoms with Crippen LogP contribution >= 0.6 is 7.05 Å². The van der Waals surface area contributed by atoms with Crippen molar-refractivity contribution in [2.45, 2.75) is 158 Å². The quantitative estimate of drug-likeness (QED) is 0.367. The van der Waals surface area contributed by atoms with Gasteiger partial charge in [0.15, 0.2) is 0 Å². The highest BCUT2D eigenvalue weighted by molar-refractivity contribution is 7.83. The summed E-state index contributed by atoms with van der Waals surface area (Å²) < 4.78 is 6.04. The standard InChI is InChI=1S/C32H57N2P/c1-18-26-28(34(21(2)3)22(4)5)35(26,32(15,16)17)33-27-24(30(9,10)11)19-23(29(6,7)8)20-25(27)31(12,13)14/h19-22H,18H2,1-17H3/t35-/m1/s1. The third kappa shape index (κ3) is 5.63. The second-order valence-electron chi connectivity index (χ2n) is 15.3. The molecule has 1 atom stereocenters. The van der Waals surface area contributed by atoms with Gasteiger partial charge in [0, 0.05) is 22.6 Å². The van der Waals surface area contributed by atoms with Gasteiger partial charge in [-0.2, -0.15) is 0 Å². The Hall–Kier alpha value is -1.01. The fourth-order valence-electron chi connectivity index (χ4n) is 5.51. The van der Waals surface area contributed by atoms with E-state index in [0.717, 1.165) is 6.42 Å². The molecule has 1 aromatic carbocycles. The second kappa shape index (κ2) is 9.38. The molecule has 0 aromatic heterocycles. The van der Waals surface area contributed by atoms with Gasteiger partial charge in [-0.1, -0.05) is 102 Å². The van der Waals surface area contributed by atoms with Crippen molar-refractivity contribution >= 4 is 12.7 Å². The maximum atomic E-state index is 6.04. The Balaban J connectivity index is 3.10. The molecule has 0 N–H and O–H groups in total. The first-order valence-corrected chi connectivity index (χ1v) is 15.6. The summed E-state index contributed by atoms with van der Waals surface area (Å²) >= 11 is 0. The minimum Gasteiger partial charge on any atom is -0.365 e. The van der Waals surface area contributed by atoms with Crippen LogP contribution in [0.5, 0.6) is 0 Å². The fourth-order valence-corrected chi connectivity index (χ4v) is 10.3. The van der Waals surface area contributed by atoms with Crippen molar-refractivity contribution in [1.82, 2.24) is 4.90 Å². The highest BCUT2D eigenvalue weighted by Gasteiger charge is 2.56. The summed E-state index contributed by atoms with van der Waals surface area (Å²) in [5, 5.41) is 1.73. The zero-order valence-corrected chi connectivity index (χ0v) is 27.3. The van der Waals surface area contributed by atoms with Crippen LogP contribution < -0.4 is 0 Å². The van der Waals surface area contributed by atoms with Gasteiger partial charge in [-0.05, 0) is 67.1 Å². The lowest BCUT2D eigenvalue weighted by Crippen LogP contribution is -2.34. The van der Waals surface area contributed by atoms with Crippen molar-refractivity contribution in [1.29, 1.82) is 0 Å². The van der Waals surface area contributed by atoms with Gasteiger partial charge >= 0.3 is 0 Å². The molecule has 1 aliphatic rings. The molecular weight excluding hydrogens is 443 g/mol. The molecule has 1 heterocycles. The van der Waals surface area contributed by atoms with Crippen LogP contribution in [0.2, 0.25) is 0 Å². The normalized spacial score (nSPS) is 19.6. The SMILES string of the molecule is CCC1=C(N(C(C)C)C(C)C)[P@@]1(=Nc1c(C(C)(C)C)cc(C(C)(C)C)cc1C(C)(C)C)C(C)(C)C. The largest absolute Gasteiger partial charge is 0.365 e. The topological polar surface area (TPSA) is 15.6 Å². The fraction of sp³-hybridized carbons (Fsp3) is 0.750. The average molecular weight is 501 g/mol. The predicted octanol–water partition coefficient (Wildman–Crippen LogP) is 10.9. The van der Waals surface area contributed by atoms with E-state index in [1.807, 2.05) is 0 Å². The molecule has 0 radical (unpaired) electrons. The van der Waals surface area contributed by atoms with Crippen LogP contribution in [0.3, 0.4) is 0 Å². The van der Waals surface area contributed by atoms with Crippen LogP contribution in [-0.2, 0) is 16.2 Å². The molecule has 0 saturated carbocycles. The summed E-state index contributed by atoms with van der Waals surface area (Å²) in [7, 11) is -1.85. The predicted molar refractivity (Wildman–Crippen MR) is 161 cm³/mol. The van der Waals surface area contributed by atoms with Crippen molar-refractivity contribution in [3.8, 4) is 0 Å². The van der Waals surface area contributed by atoms with Gasteiger partial charge < -0.3 is 4.90 Å². The van der Waals surface area contributed by atoms with E-state index in [1.165, 1.54) is 22.4 Å². The number of nitrogens with zero attached hydrogens (tertiary/aromatic N) is 2. The Morgan fingerprint density at radius 1 is 0.714 bits per heavy atom. The lowest BCUT2D eigenvalue weighted by atomic mass is 9.74. The summed E-state index contributed by atoms with van der Waals surface area (Å²) in [6, 6.07) is 5.90. The van der Waals surface area contributed by atoms with E-state index in [2.05, 4.69) is 135 Å². The third-order valence-corrected chi connectivity index (χ3v) is 12.1. The first-order valence-electron chi connectivity index (χ1n) is 13.9. The summed E-state index contributed by atoms with van der Waals surface area (Å²) in [5.74, 6) is 0. The van der Waals surface area contributed by atoms with E-state index in [1.54, 1.807) is 10.8 Å². The molecule has 0 fully saturated rings. The van der Waals surface area contributed by atoms with Gasteiger partial charge in [-0.15, -0.1) is 0 Å². The van der Waals surface area contributed by atoms with E-state index in [0.29, 0.717) is 12.1 Å². The Kier molecular flexibility index (Phi) is 8.10. The summed E-state index contributed by atoms with van der Waals surface area (Å²) in [5.41, 5.74) is 7.20. The van der Waals surface area contributed by atoms with Crippen LogP contribution in [0.4, 0.5) is 5.69 Å². The van der Waals surface area contributed by atoms with E-state index < -0.39 is 7.05 Å². The molecule has 2 rings (SSSR count). The summed E-state index contributed by atoms with van der Waals surface area (Å²) in [4.78, 5) is 2.68. The first-order chi connectivity index (χ1) is 15.5. The third-order valence-electron chi connectivity index (χ3n) is 7.41. The summed E-state index contributed by atoms with van der Waals surface area (Å²) in [6.45, 7) is 40.2. The molecule has 0 unspecified atom stereocenters. The molecule has 0 bridgehead atoms. The Morgan fingerprint density at radius 2 is 1.11 bits per heavy atom. The molecule has 0 aliphatic carbocycles. The lowest BCUT2D eigenvalue weighted by molar-refractivity contribution is 0.250. The molecule has 200 valence electrons. The second-order valence-corrected chi connectivity index (χ2v) is 19.1. The Bertz CT molecular complexity index is 982. The van der Waals surface area contributed by atoms with Gasteiger partial charge in [0.2, 0.25) is 0 Å². The maximum Gasteiger partial charge on any atom is 0.0696 e.